The van der Waals surface area contributed by atoms with Gasteiger partial charge in [-0.05, 0) is 59.3 Å². The second-order valence-electron chi connectivity index (χ2n) is 7.90. The van der Waals surface area contributed by atoms with Gasteiger partial charge in [0.25, 0.3) is 11.8 Å². The summed E-state index contributed by atoms with van der Waals surface area (Å²) in [6.07, 6.45) is 6.19. The number of likely N-dealkylation sites (tertiary alicyclic amines) is 1. The van der Waals surface area contributed by atoms with Crippen LogP contribution in [0.1, 0.15) is 79.7 Å². The number of carbonyl (C=O) groups is 2. The third-order valence-corrected chi connectivity index (χ3v) is 4.66. The van der Waals surface area contributed by atoms with Gasteiger partial charge >= 0.3 is 0 Å². The molecular formula is C18H28N4O2. The maximum absolute atomic E-state index is 12.9. The van der Waals surface area contributed by atoms with Crippen molar-refractivity contribution in [2.45, 2.75) is 71.4 Å². The Morgan fingerprint density at radius 1 is 1.00 bits per heavy atom. The number of amides is 2. The lowest BCUT2D eigenvalue weighted by atomic mass is 10.1. The Kier molecular flexibility index (Phi) is 4.65. The molecule has 1 saturated heterocycles. The Labute approximate surface area is 143 Å². The highest BCUT2D eigenvalue weighted by molar-refractivity contribution is 5.97. The fourth-order valence-corrected chi connectivity index (χ4v) is 3.53. The monoisotopic (exact) mass is 332 g/mol. The van der Waals surface area contributed by atoms with Crippen molar-refractivity contribution in [1.82, 2.24) is 19.8 Å². The zero-order valence-corrected chi connectivity index (χ0v) is 15.0. The van der Waals surface area contributed by atoms with E-state index in [1.807, 2.05) is 30.2 Å². The number of rotatable bonds is 2. The molecule has 24 heavy (non-hydrogen) atoms. The molecule has 0 atom stereocenters. The highest BCUT2D eigenvalue weighted by atomic mass is 16.2. The average molecular weight is 332 g/mol. The van der Waals surface area contributed by atoms with Gasteiger partial charge in [-0.3, -0.25) is 9.59 Å². The Balaban J connectivity index is 1.92. The summed E-state index contributed by atoms with van der Waals surface area (Å²) in [7, 11) is 0. The third kappa shape index (κ3) is 3.47. The van der Waals surface area contributed by atoms with Crippen LogP contribution in [-0.4, -0.2) is 44.9 Å². The van der Waals surface area contributed by atoms with E-state index in [0.717, 1.165) is 57.4 Å². The van der Waals surface area contributed by atoms with Gasteiger partial charge in [-0.15, -0.1) is 0 Å². The van der Waals surface area contributed by atoms with Crippen molar-refractivity contribution in [3.8, 4) is 0 Å². The van der Waals surface area contributed by atoms with Gasteiger partial charge in [0.1, 0.15) is 5.69 Å². The number of aromatic nitrogens is 2. The van der Waals surface area contributed by atoms with E-state index in [9.17, 15) is 9.59 Å². The molecule has 0 radical (unpaired) electrons. The number of fused-ring (bicyclic) bond motifs is 1. The SMILES string of the molecule is CC(C)(C)NC(=O)c1nc(C(=O)N2CCCCC2)c2n1CCCC2. The van der Waals surface area contributed by atoms with Crippen LogP contribution in [0, 0.1) is 0 Å². The molecule has 1 aromatic heterocycles. The first kappa shape index (κ1) is 17.0. The zero-order chi connectivity index (χ0) is 17.3. The van der Waals surface area contributed by atoms with Crippen LogP contribution in [0.15, 0.2) is 0 Å². The lowest BCUT2D eigenvalue weighted by Gasteiger charge is -2.26. The maximum atomic E-state index is 12.9. The first-order chi connectivity index (χ1) is 11.4. The van der Waals surface area contributed by atoms with Crippen molar-refractivity contribution in [2.24, 2.45) is 0 Å². The molecule has 0 bridgehead atoms. The van der Waals surface area contributed by atoms with Crippen molar-refractivity contribution in [1.29, 1.82) is 0 Å². The van der Waals surface area contributed by atoms with Crippen LogP contribution in [0.4, 0.5) is 0 Å². The maximum Gasteiger partial charge on any atom is 0.287 e. The van der Waals surface area contributed by atoms with E-state index in [-0.39, 0.29) is 17.4 Å². The number of carbonyl (C=O) groups excluding carboxylic acids is 2. The molecule has 0 saturated carbocycles. The van der Waals surface area contributed by atoms with E-state index in [4.69, 9.17) is 0 Å². The minimum absolute atomic E-state index is 0.00448. The van der Waals surface area contributed by atoms with Crippen LogP contribution in [0.3, 0.4) is 0 Å². The smallest absolute Gasteiger partial charge is 0.287 e. The Morgan fingerprint density at radius 3 is 2.33 bits per heavy atom. The number of hydrogen-bond donors (Lipinski definition) is 1. The van der Waals surface area contributed by atoms with Gasteiger partial charge in [-0.2, -0.15) is 0 Å². The van der Waals surface area contributed by atoms with Crippen LogP contribution in [0.2, 0.25) is 0 Å². The molecular weight excluding hydrogens is 304 g/mol. The fourth-order valence-electron chi connectivity index (χ4n) is 3.53. The highest BCUT2D eigenvalue weighted by Crippen LogP contribution is 2.23. The molecule has 6 heteroatoms. The van der Waals surface area contributed by atoms with E-state index in [2.05, 4.69) is 10.3 Å². The summed E-state index contributed by atoms with van der Waals surface area (Å²) in [4.78, 5) is 31.9. The Hall–Kier alpha value is -1.85. The van der Waals surface area contributed by atoms with E-state index < -0.39 is 0 Å². The van der Waals surface area contributed by atoms with Gasteiger partial charge in [0, 0.05) is 25.2 Å². The molecule has 1 fully saturated rings. The number of imidazole rings is 1. The van der Waals surface area contributed by atoms with Gasteiger partial charge in [0.2, 0.25) is 0 Å². The van der Waals surface area contributed by atoms with Crippen molar-refractivity contribution >= 4 is 11.8 Å². The lowest BCUT2D eigenvalue weighted by molar-refractivity contribution is 0.0717. The standard InChI is InChI=1S/C18H28N4O2/c1-18(2,3)20-16(23)15-19-14(13-9-5-8-12-22(13)15)17(24)21-10-6-4-7-11-21/h4-12H2,1-3H3,(H,20,23). The van der Waals surface area contributed by atoms with E-state index in [1.54, 1.807) is 0 Å². The summed E-state index contributed by atoms with van der Waals surface area (Å²) < 4.78 is 1.96. The molecule has 0 spiro atoms. The Morgan fingerprint density at radius 2 is 1.67 bits per heavy atom. The van der Waals surface area contributed by atoms with Crippen LogP contribution < -0.4 is 5.32 Å². The van der Waals surface area contributed by atoms with Crippen LogP contribution in [0.5, 0.6) is 0 Å². The summed E-state index contributed by atoms with van der Waals surface area (Å²) in [5.74, 6) is 0.193. The normalized spacial score (nSPS) is 18.2. The van der Waals surface area contributed by atoms with E-state index in [0.29, 0.717) is 11.5 Å². The average Bonchev–Trinajstić information content (AvgIpc) is 2.93. The van der Waals surface area contributed by atoms with Gasteiger partial charge in [0.05, 0.1) is 5.69 Å². The molecule has 2 aliphatic heterocycles. The number of nitrogens with zero attached hydrogens (tertiary/aromatic N) is 3. The number of hydrogen-bond acceptors (Lipinski definition) is 3. The topological polar surface area (TPSA) is 67.2 Å². The minimum atomic E-state index is -0.324. The summed E-state index contributed by atoms with van der Waals surface area (Å²) in [6.45, 7) is 8.21. The van der Waals surface area contributed by atoms with Crippen LogP contribution >= 0.6 is 0 Å². The van der Waals surface area contributed by atoms with Gasteiger partial charge < -0.3 is 14.8 Å². The molecule has 1 aromatic rings. The third-order valence-electron chi connectivity index (χ3n) is 4.66. The molecule has 0 aliphatic carbocycles. The molecule has 0 aromatic carbocycles. The van der Waals surface area contributed by atoms with Gasteiger partial charge in [0.15, 0.2) is 5.82 Å². The number of nitrogens with one attached hydrogen (secondary N) is 1. The molecule has 3 rings (SSSR count). The molecule has 2 aliphatic rings. The predicted octanol–water partition coefficient (Wildman–Crippen LogP) is 2.37. The van der Waals surface area contributed by atoms with Crippen molar-refractivity contribution in [3.05, 3.63) is 17.2 Å². The summed E-state index contributed by atoms with van der Waals surface area (Å²) >= 11 is 0. The van der Waals surface area contributed by atoms with Crippen molar-refractivity contribution < 1.29 is 9.59 Å². The largest absolute Gasteiger partial charge is 0.345 e. The van der Waals surface area contributed by atoms with Crippen LogP contribution in [0.25, 0.3) is 0 Å². The number of piperidine rings is 1. The molecule has 6 nitrogen and oxygen atoms in total. The predicted molar refractivity (Wildman–Crippen MR) is 92.1 cm³/mol. The van der Waals surface area contributed by atoms with E-state index >= 15 is 0 Å². The first-order valence-electron chi connectivity index (χ1n) is 9.08. The summed E-state index contributed by atoms with van der Waals surface area (Å²) in [6, 6.07) is 0. The molecule has 132 valence electrons. The van der Waals surface area contributed by atoms with Gasteiger partial charge in [-0.25, -0.2) is 4.98 Å². The zero-order valence-electron chi connectivity index (χ0n) is 15.0. The summed E-state index contributed by atoms with van der Waals surface area (Å²) in [5.41, 5.74) is 1.11. The second-order valence-corrected chi connectivity index (χ2v) is 7.90. The molecule has 2 amide bonds. The minimum Gasteiger partial charge on any atom is -0.345 e. The Bertz CT molecular complexity index is 636. The quantitative estimate of drug-likeness (QED) is 0.904. The molecule has 1 N–H and O–H groups in total. The second kappa shape index (κ2) is 6.57. The van der Waals surface area contributed by atoms with Crippen molar-refractivity contribution in [3.63, 3.8) is 0 Å². The lowest BCUT2D eigenvalue weighted by Crippen LogP contribution is -2.42. The van der Waals surface area contributed by atoms with Crippen molar-refractivity contribution in [2.75, 3.05) is 13.1 Å². The highest BCUT2D eigenvalue weighted by Gasteiger charge is 2.31. The fraction of sp³-hybridized carbons (Fsp3) is 0.722. The van der Waals surface area contributed by atoms with Crippen LogP contribution in [-0.2, 0) is 13.0 Å². The first-order valence-corrected chi connectivity index (χ1v) is 9.08. The molecule has 3 heterocycles. The summed E-state index contributed by atoms with van der Waals surface area (Å²) in [5, 5.41) is 2.97. The van der Waals surface area contributed by atoms with Gasteiger partial charge in [-0.1, -0.05) is 0 Å². The molecule has 0 unspecified atom stereocenters. The van der Waals surface area contributed by atoms with E-state index in [1.165, 1.54) is 6.42 Å².